The quantitative estimate of drug-likeness (QED) is 0.211. The third-order valence-corrected chi connectivity index (χ3v) is 9.39. The van der Waals surface area contributed by atoms with Gasteiger partial charge in [0.25, 0.3) is 0 Å². The maximum Gasteiger partial charge on any atom is 0.235 e. The Hall–Kier alpha value is -5.79. The molecular weight excluding hydrogens is 536 g/mol. The summed E-state index contributed by atoms with van der Waals surface area (Å²) in [6, 6.07) is 44.7. The Morgan fingerprint density at radius 3 is 2.16 bits per heavy atom. The molecule has 8 aromatic rings. The molecule has 0 amide bonds. The fraction of sp³-hybridized carbons (Fsp3) is 0.0750. The second-order valence-electron chi connectivity index (χ2n) is 12.2. The summed E-state index contributed by atoms with van der Waals surface area (Å²) in [6.45, 7) is 4.66. The lowest BCUT2D eigenvalue weighted by Crippen LogP contribution is -2.15. The van der Waals surface area contributed by atoms with E-state index in [0.717, 1.165) is 33.2 Å². The molecule has 0 N–H and O–H groups in total. The van der Waals surface area contributed by atoms with Gasteiger partial charge in [-0.2, -0.15) is 5.26 Å². The van der Waals surface area contributed by atoms with Crippen LogP contribution < -0.4 is 0 Å². The van der Waals surface area contributed by atoms with E-state index in [0.29, 0.717) is 11.5 Å². The monoisotopic (exact) mass is 562 g/mol. The van der Waals surface area contributed by atoms with Crippen LogP contribution in [0.1, 0.15) is 30.5 Å². The lowest BCUT2D eigenvalue weighted by atomic mass is 9.81. The number of benzene rings is 6. The molecule has 0 saturated carbocycles. The lowest BCUT2D eigenvalue weighted by Gasteiger charge is -2.22. The summed E-state index contributed by atoms with van der Waals surface area (Å²) >= 11 is 0. The van der Waals surface area contributed by atoms with Gasteiger partial charge in [0.15, 0.2) is 0 Å². The fourth-order valence-corrected chi connectivity index (χ4v) is 7.22. The van der Waals surface area contributed by atoms with Gasteiger partial charge in [0.1, 0.15) is 0 Å². The standard InChI is InChI=1S/C40H26N4/c1-40(2)33-20-26-12-4-3-11-25(26)19-30(33)31-21-32-28-14-6-8-17-36(28)44(37(32)22-34(31)40)39-42-35-16-7-5-15-29(35)38(43-39)27-13-9-10-24(18-27)23-41/h3-22H,1-2H3. The highest BCUT2D eigenvalue weighted by atomic mass is 15.2. The second-order valence-corrected chi connectivity index (χ2v) is 12.2. The molecule has 2 heterocycles. The van der Waals surface area contributed by atoms with Crippen LogP contribution in [-0.4, -0.2) is 14.5 Å². The van der Waals surface area contributed by atoms with Crippen molar-refractivity contribution in [2.75, 3.05) is 0 Å². The van der Waals surface area contributed by atoms with Gasteiger partial charge in [0, 0.05) is 27.1 Å². The zero-order valence-corrected chi connectivity index (χ0v) is 24.3. The van der Waals surface area contributed by atoms with Gasteiger partial charge in [0.2, 0.25) is 5.95 Å². The molecule has 6 aromatic carbocycles. The largest absolute Gasteiger partial charge is 0.278 e. The summed E-state index contributed by atoms with van der Waals surface area (Å²) in [7, 11) is 0. The summed E-state index contributed by atoms with van der Waals surface area (Å²) in [6.07, 6.45) is 0. The number of rotatable bonds is 2. The molecule has 44 heavy (non-hydrogen) atoms. The predicted molar refractivity (Wildman–Crippen MR) is 179 cm³/mol. The van der Waals surface area contributed by atoms with E-state index in [4.69, 9.17) is 9.97 Å². The number of aromatic nitrogens is 3. The van der Waals surface area contributed by atoms with Crippen molar-refractivity contribution in [1.29, 1.82) is 5.26 Å². The van der Waals surface area contributed by atoms with Gasteiger partial charge >= 0.3 is 0 Å². The molecule has 0 radical (unpaired) electrons. The molecular formula is C40H26N4. The summed E-state index contributed by atoms with van der Waals surface area (Å²) in [5.74, 6) is 0.617. The van der Waals surface area contributed by atoms with E-state index in [1.54, 1.807) is 0 Å². The molecule has 0 unspecified atom stereocenters. The van der Waals surface area contributed by atoms with E-state index in [1.165, 1.54) is 43.8 Å². The summed E-state index contributed by atoms with van der Waals surface area (Å²) in [5.41, 5.74) is 10.4. The summed E-state index contributed by atoms with van der Waals surface area (Å²) < 4.78 is 2.21. The van der Waals surface area contributed by atoms with Gasteiger partial charge < -0.3 is 0 Å². The molecule has 0 bridgehead atoms. The van der Waals surface area contributed by atoms with Crippen LogP contribution in [0.2, 0.25) is 0 Å². The van der Waals surface area contributed by atoms with Crippen LogP contribution in [-0.2, 0) is 5.41 Å². The van der Waals surface area contributed by atoms with Crippen molar-refractivity contribution in [2.24, 2.45) is 0 Å². The van der Waals surface area contributed by atoms with Gasteiger partial charge in [-0.15, -0.1) is 0 Å². The van der Waals surface area contributed by atoms with Crippen LogP contribution in [0.3, 0.4) is 0 Å². The lowest BCUT2D eigenvalue weighted by molar-refractivity contribution is 0.661. The minimum atomic E-state index is -0.169. The highest BCUT2D eigenvalue weighted by Crippen LogP contribution is 2.52. The van der Waals surface area contributed by atoms with Crippen LogP contribution in [0, 0.1) is 11.3 Å². The Morgan fingerprint density at radius 1 is 0.614 bits per heavy atom. The SMILES string of the molecule is CC1(C)c2cc3ccccc3cc2-c2cc3c4ccccc4n(-c4nc(-c5cccc(C#N)c5)c5ccccc5n4)c3cc21. The van der Waals surface area contributed by atoms with Crippen molar-refractivity contribution in [2.45, 2.75) is 19.3 Å². The fourth-order valence-electron chi connectivity index (χ4n) is 7.22. The first-order valence-corrected chi connectivity index (χ1v) is 14.9. The first kappa shape index (κ1) is 24.8. The Bertz CT molecular complexity index is 2550. The molecule has 206 valence electrons. The molecule has 2 aromatic heterocycles. The average Bonchev–Trinajstić information content (AvgIpc) is 3.50. The maximum atomic E-state index is 9.62. The van der Waals surface area contributed by atoms with Crippen LogP contribution in [0.5, 0.6) is 0 Å². The van der Waals surface area contributed by atoms with Crippen LogP contribution in [0.15, 0.2) is 121 Å². The Kier molecular flexibility index (Phi) is 4.99. The third-order valence-electron chi connectivity index (χ3n) is 9.39. The van der Waals surface area contributed by atoms with E-state index >= 15 is 0 Å². The summed E-state index contributed by atoms with van der Waals surface area (Å²) in [5, 5.41) is 15.4. The minimum Gasteiger partial charge on any atom is -0.278 e. The normalized spacial score (nSPS) is 13.4. The predicted octanol–water partition coefficient (Wildman–Crippen LogP) is 9.73. The zero-order chi connectivity index (χ0) is 29.6. The van der Waals surface area contributed by atoms with E-state index in [-0.39, 0.29) is 5.41 Å². The smallest absolute Gasteiger partial charge is 0.235 e. The van der Waals surface area contributed by atoms with Crippen molar-refractivity contribution in [1.82, 2.24) is 14.5 Å². The van der Waals surface area contributed by atoms with Gasteiger partial charge in [-0.05, 0) is 81.6 Å². The Labute approximate surface area is 254 Å². The molecule has 0 atom stereocenters. The number of nitriles is 1. The number of hydrogen-bond acceptors (Lipinski definition) is 3. The zero-order valence-electron chi connectivity index (χ0n) is 24.3. The van der Waals surface area contributed by atoms with Crippen molar-refractivity contribution >= 4 is 43.5 Å². The average molecular weight is 563 g/mol. The molecule has 4 nitrogen and oxygen atoms in total. The van der Waals surface area contributed by atoms with Crippen molar-refractivity contribution in [3.63, 3.8) is 0 Å². The molecule has 0 spiro atoms. The second kappa shape index (κ2) is 8.86. The molecule has 0 saturated heterocycles. The minimum absolute atomic E-state index is 0.169. The Morgan fingerprint density at radius 2 is 1.32 bits per heavy atom. The highest BCUT2D eigenvalue weighted by Gasteiger charge is 2.37. The van der Waals surface area contributed by atoms with Crippen molar-refractivity contribution in [3.8, 4) is 34.4 Å². The number of nitrogens with zero attached hydrogens (tertiary/aromatic N) is 4. The Balaban J connectivity index is 1.36. The first-order chi connectivity index (χ1) is 21.5. The van der Waals surface area contributed by atoms with Crippen LogP contribution in [0.4, 0.5) is 0 Å². The highest BCUT2D eigenvalue weighted by molar-refractivity contribution is 6.12. The van der Waals surface area contributed by atoms with Gasteiger partial charge in [-0.3, -0.25) is 4.57 Å². The topological polar surface area (TPSA) is 54.5 Å². The molecule has 1 aliphatic carbocycles. The third kappa shape index (κ3) is 3.38. The van der Waals surface area contributed by atoms with Gasteiger partial charge in [-0.25, -0.2) is 9.97 Å². The van der Waals surface area contributed by atoms with E-state index < -0.39 is 0 Å². The van der Waals surface area contributed by atoms with Gasteiger partial charge in [-0.1, -0.05) is 86.6 Å². The van der Waals surface area contributed by atoms with Crippen LogP contribution >= 0.6 is 0 Å². The van der Waals surface area contributed by atoms with Gasteiger partial charge in [0.05, 0.1) is 33.9 Å². The van der Waals surface area contributed by atoms with E-state index in [9.17, 15) is 5.26 Å². The van der Waals surface area contributed by atoms with Crippen LogP contribution in [0.25, 0.3) is 71.8 Å². The number of para-hydroxylation sites is 2. The summed E-state index contributed by atoms with van der Waals surface area (Å²) in [4.78, 5) is 10.4. The van der Waals surface area contributed by atoms with Crippen molar-refractivity contribution < 1.29 is 0 Å². The maximum absolute atomic E-state index is 9.62. The molecule has 1 aliphatic rings. The van der Waals surface area contributed by atoms with Crippen molar-refractivity contribution in [3.05, 3.63) is 138 Å². The molecule has 0 aliphatic heterocycles. The number of fused-ring (bicyclic) bond motifs is 8. The molecule has 9 rings (SSSR count). The first-order valence-electron chi connectivity index (χ1n) is 14.9. The van der Waals surface area contributed by atoms with E-state index in [1.807, 2.05) is 42.5 Å². The molecule has 4 heteroatoms. The number of hydrogen-bond donors (Lipinski definition) is 0. The molecule has 0 fully saturated rings. The van der Waals surface area contributed by atoms with E-state index in [2.05, 4.69) is 103 Å².